The van der Waals surface area contributed by atoms with E-state index in [9.17, 15) is 14.4 Å². The van der Waals surface area contributed by atoms with Crippen LogP contribution in [0.4, 0.5) is 5.69 Å². The van der Waals surface area contributed by atoms with Crippen molar-refractivity contribution in [3.63, 3.8) is 0 Å². The van der Waals surface area contributed by atoms with Gasteiger partial charge in [0.2, 0.25) is 17.7 Å². The molecule has 0 radical (unpaired) electrons. The van der Waals surface area contributed by atoms with E-state index in [4.69, 9.17) is 4.74 Å². The number of anilines is 1. The van der Waals surface area contributed by atoms with Crippen molar-refractivity contribution in [1.82, 2.24) is 4.90 Å². The Morgan fingerprint density at radius 1 is 1.20 bits per heavy atom. The van der Waals surface area contributed by atoms with Gasteiger partial charge in [-0.3, -0.25) is 19.3 Å². The SMILES string of the molecule is COc1ccc(C)cc1NC(=O)C(C)N1C(=O)C2CCCCC2C1=O. The van der Waals surface area contributed by atoms with E-state index in [2.05, 4.69) is 5.32 Å². The predicted molar refractivity (Wildman–Crippen MR) is 93.1 cm³/mol. The fourth-order valence-corrected chi connectivity index (χ4v) is 3.84. The Kier molecular flexibility index (Phi) is 4.79. The number of rotatable bonds is 4. The summed E-state index contributed by atoms with van der Waals surface area (Å²) in [5.74, 6) is -0.736. The Hall–Kier alpha value is -2.37. The number of likely N-dealkylation sites (tertiary alicyclic amines) is 1. The first-order chi connectivity index (χ1) is 11.9. The molecule has 3 rings (SSSR count). The highest BCUT2D eigenvalue weighted by Gasteiger charge is 2.50. The zero-order valence-electron chi connectivity index (χ0n) is 14.9. The fourth-order valence-electron chi connectivity index (χ4n) is 3.84. The number of benzene rings is 1. The number of hydrogen-bond acceptors (Lipinski definition) is 4. The van der Waals surface area contributed by atoms with E-state index >= 15 is 0 Å². The van der Waals surface area contributed by atoms with E-state index in [1.807, 2.05) is 13.0 Å². The maximum absolute atomic E-state index is 12.7. The number of amides is 3. The van der Waals surface area contributed by atoms with E-state index < -0.39 is 6.04 Å². The third-order valence-electron chi connectivity index (χ3n) is 5.25. The molecule has 3 atom stereocenters. The number of methoxy groups -OCH3 is 1. The molecular weight excluding hydrogens is 320 g/mol. The summed E-state index contributed by atoms with van der Waals surface area (Å²) in [7, 11) is 1.53. The standard InChI is InChI=1S/C19H24N2O4/c1-11-8-9-16(25-3)15(10-11)20-17(22)12(2)21-18(23)13-6-4-5-7-14(13)19(21)24/h8-10,12-14H,4-7H2,1-3H3,(H,20,22). The zero-order chi connectivity index (χ0) is 18.1. The lowest BCUT2D eigenvalue weighted by Crippen LogP contribution is -2.46. The number of aryl methyl sites for hydroxylation is 1. The van der Waals surface area contributed by atoms with E-state index in [1.54, 1.807) is 19.1 Å². The summed E-state index contributed by atoms with van der Waals surface area (Å²) in [5.41, 5.74) is 1.51. The van der Waals surface area contributed by atoms with Crippen molar-refractivity contribution in [2.24, 2.45) is 11.8 Å². The summed E-state index contributed by atoms with van der Waals surface area (Å²) >= 11 is 0. The quantitative estimate of drug-likeness (QED) is 0.852. The first kappa shape index (κ1) is 17.5. The largest absolute Gasteiger partial charge is 0.495 e. The maximum atomic E-state index is 12.7. The second-order valence-corrected chi connectivity index (χ2v) is 6.91. The van der Waals surface area contributed by atoms with Crippen molar-refractivity contribution in [3.05, 3.63) is 23.8 Å². The first-order valence-corrected chi connectivity index (χ1v) is 8.76. The van der Waals surface area contributed by atoms with Crippen LogP contribution in [0.2, 0.25) is 0 Å². The van der Waals surface area contributed by atoms with Crippen LogP contribution in [0.5, 0.6) is 5.75 Å². The number of nitrogens with zero attached hydrogens (tertiary/aromatic N) is 1. The van der Waals surface area contributed by atoms with Gasteiger partial charge in [-0.25, -0.2) is 0 Å². The van der Waals surface area contributed by atoms with Crippen molar-refractivity contribution < 1.29 is 19.1 Å². The van der Waals surface area contributed by atoms with Gasteiger partial charge in [-0.15, -0.1) is 0 Å². The molecule has 1 aromatic rings. The molecule has 2 fully saturated rings. The van der Waals surface area contributed by atoms with Gasteiger partial charge in [0, 0.05) is 0 Å². The molecule has 1 N–H and O–H groups in total. The molecule has 1 aliphatic carbocycles. The topological polar surface area (TPSA) is 75.7 Å². The second kappa shape index (κ2) is 6.86. The summed E-state index contributed by atoms with van der Waals surface area (Å²) in [6, 6.07) is 4.62. The van der Waals surface area contributed by atoms with Crippen LogP contribution in [-0.4, -0.2) is 35.8 Å². The number of imide groups is 1. The highest BCUT2D eigenvalue weighted by molar-refractivity contribution is 6.10. The van der Waals surface area contributed by atoms with Crippen LogP contribution in [0.15, 0.2) is 18.2 Å². The Labute approximate surface area is 147 Å². The molecule has 6 nitrogen and oxygen atoms in total. The molecule has 134 valence electrons. The molecule has 3 unspecified atom stereocenters. The molecule has 1 saturated heterocycles. The normalized spacial score (nSPS) is 24.0. The minimum absolute atomic E-state index is 0.200. The van der Waals surface area contributed by atoms with Crippen molar-refractivity contribution >= 4 is 23.4 Å². The lowest BCUT2D eigenvalue weighted by molar-refractivity contribution is -0.146. The Morgan fingerprint density at radius 3 is 2.36 bits per heavy atom. The molecule has 0 aromatic heterocycles. The van der Waals surface area contributed by atoms with Gasteiger partial charge < -0.3 is 10.1 Å². The van der Waals surface area contributed by atoms with Crippen LogP contribution in [0.25, 0.3) is 0 Å². The van der Waals surface area contributed by atoms with Gasteiger partial charge in [0.25, 0.3) is 0 Å². The molecular formula is C19H24N2O4. The van der Waals surface area contributed by atoms with Crippen LogP contribution in [0.3, 0.4) is 0 Å². The molecule has 1 aliphatic heterocycles. The van der Waals surface area contributed by atoms with Crippen molar-refractivity contribution in [3.8, 4) is 5.75 Å². The highest BCUT2D eigenvalue weighted by atomic mass is 16.5. The molecule has 1 saturated carbocycles. The van der Waals surface area contributed by atoms with E-state index in [0.29, 0.717) is 11.4 Å². The first-order valence-electron chi connectivity index (χ1n) is 8.76. The summed E-state index contributed by atoms with van der Waals surface area (Å²) in [5, 5.41) is 2.79. The summed E-state index contributed by atoms with van der Waals surface area (Å²) < 4.78 is 5.26. The number of carbonyl (C=O) groups excluding carboxylic acids is 3. The van der Waals surface area contributed by atoms with Crippen LogP contribution in [0.1, 0.15) is 38.2 Å². The van der Waals surface area contributed by atoms with E-state index in [0.717, 1.165) is 36.1 Å². The maximum Gasteiger partial charge on any atom is 0.247 e. The minimum atomic E-state index is -0.837. The van der Waals surface area contributed by atoms with E-state index in [-0.39, 0.29) is 29.6 Å². The van der Waals surface area contributed by atoms with Gasteiger partial charge >= 0.3 is 0 Å². The highest BCUT2D eigenvalue weighted by Crippen LogP contribution is 2.39. The zero-order valence-corrected chi connectivity index (χ0v) is 14.9. The van der Waals surface area contributed by atoms with Crippen molar-refractivity contribution in [1.29, 1.82) is 0 Å². The Balaban J connectivity index is 1.78. The Morgan fingerprint density at radius 2 is 1.80 bits per heavy atom. The third-order valence-corrected chi connectivity index (χ3v) is 5.25. The number of nitrogens with one attached hydrogen (secondary N) is 1. The molecule has 2 aliphatic rings. The summed E-state index contributed by atoms with van der Waals surface area (Å²) in [4.78, 5) is 39.1. The predicted octanol–water partition coefficient (Wildman–Crippen LogP) is 2.51. The monoisotopic (exact) mass is 344 g/mol. The smallest absolute Gasteiger partial charge is 0.247 e. The van der Waals surface area contributed by atoms with Crippen molar-refractivity contribution in [2.75, 3.05) is 12.4 Å². The average Bonchev–Trinajstić information content (AvgIpc) is 2.86. The van der Waals surface area contributed by atoms with Gasteiger partial charge in [0.05, 0.1) is 24.6 Å². The van der Waals surface area contributed by atoms with E-state index in [1.165, 1.54) is 7.11 Å². The lowest BCUT2D eigenvalue weighted by Gasteiger charge is -2.23. The van der Waals surface area contributed by atoms with Crippen LogP contribution >= 0.6 is 0 Å². The van der Waals surface area contributed by atoms with Gasteiger partial charge in [-0.1, -0.05) is 18.9 Å². The lowest BCUT2D eigenvalue weighted by atomic mass is 9.81. The second-order valence-electron chi connectivity index (χ2n) is 6.91. The number of ether oxygens (including phenoxy) is 1. The Bertz CT molecular complexity index is 691. The summed E-state index contributed by atoms with van der Waals surface area (Å²) in [6.07, 6.45) is 3.42. The molecule has 0 bridgehead atoms. The number of hydrogen-bond donors (Lipinski definition) is 1. The minimum Gasteiger partial charge on any atom is -0.495 e. The molecule has 1 heterocycles. The van der Waals surface area contributed by atoms with Crippen molar-refractivity contribution in [2.45, 2.75) is 45.6 Å². The third kappa shape index (κ3) is 3.13. The van der Waals surface area contributed by atoms with Gasteiger partial charge in [0.15, 0.2) is 0 Å². The van der Waals surface area contributed by atoms with Gasteiger partial charge in [-0.2, -0.15) is 0 Å². The molecule has 6 heteroatoms. The van der Waals surface area contributed by atoms with Crippen LogP contribution in [-0.2, 0) is 14.4 Å². The number of carbonyl (C=O) groups is 3. The summed E-state index contributed by atoms with van der Waals surface area (Å²) in [6.45, 7) is 3.52. The number of fused-ring (bicyclic) bond motifs is 1. The van der Waals surface area contributed by atoms with Crippen LogP contribution in [0, 0.1) is 18.8 Å². The van der Waals surface area contributed by atoms with Crippen LogP contribution < -0.4 is 10.1 Å². The molecule has 1 aromatic carbocycles. The van der Waals surface area contributed by atoms with Gasteiger partial charge in [0.1, 0.15) is 11.8 Å². The fraction of sp³-hybridized carbons (Fsp3) is 0.526. The molecule has 25 heavy (non-hydrogen) atoms. The molecule has 3 amide bonds. The molecule has 0 spiro atoms. The van der Waals surface area contributed by atoms with Gasteiger partial charge in [-0.05, 0) is 44.4 Å². The average molecular weight is 344 g/mol.